The van der Waals surface area contributed by atoms with Gasteiger partial charge in [-0.2, -0.15) is 0 Å². The van der Waals surface area contributed by atoms with Crippen LogP contribution in [0.4, 0.5) is 0 Å². The van der Waals surface area contributed by atoms with E-state index in [1.54, 1.807) is 0 Å². The Bertz CT molecular complexity index is 126. The topological polar surface area (TPSA) is 0 Å². The standard InChI is InChI=1S/C16H33/c1-5-12-16(4)14-11-9-7-6-8-10-13-15(2)3/h15-16H,2,5-14H2,1,3-4H3. The second kappa shape index (κ2) is 11.5. The van der Waals surface area contributed by atoms with Gasteiger partial charge in [0.15, 0.2) is 0 Å². The molecule has 1 radical (unpaired) electrons. The minimum absolute atomic E-state index is 0.648. The minimum atomic E-state index is 0.648. The van der Waals surface area contributed by atoms with Crippen molar-refractivity contribution in [3.63, 3.8) is 0 Å². The molecular weight excluding hydrogens is 192 g/mol. The Balaban J connectivity index is 3.04. The predicted molar refractivity (Wildman–Crippen MR) is 75.5 cm³/mol. The van der Waals surface area contributed by atoms with Crippen molar-refractivity contribution in [3.05, 3.63) is 6.92 Å². The molecule has 0 saturated carbocycles. The summed E-state index contributed by atoms with van der Waals surface area (Å²) in [7, 11) is 0. The molecule has 0 aliphatic carbocycles. The van der Waals surface area contributed by atoms with Crippen LogP contribution < -0.4 is 0 Å². The summed E-state index contributed by atoms with van der Waals surface area (Å²) in [6, 6.07) is 0. The van der Waals surface area contributed by atoms with Gasteiger partial charge in [-0.05, 0) is 11.8 Å². The molecule has 0 heteroatoms. The second-order valence-corrected chi connectivity index (χ2v) is 5.70. The molecular formula is C16H33. The molecule has 0 N–H and O–H groups in total. The number of unbranched alkanes of at least 4 members (excludes halogenated alkanes) is 5. The molecule has 0 rings (SSSR count). The maximum Gasteiger partial charge on any atom is -0.0443 e. The van der Waals surface area contributed by atoms with Gasteiger partial charge >= 0.3 is 0 Å². The third kappa shape index (κ3) is 12.1. The molecule has 0 aromatic rings. The van der Waals surface area contributed by atoms with Crippen LogP contribution in [-0.4, -0.2) is 0 Å². The Hall–Kier alpha value is 0. The average molecular weight is 225 g/mol. The Kier molecular flexibility index (Phi) is 11.5. The number of rotatable bonds is 11. The van der Waals surface area contributed by atoms with E-state index in [9.17, 15) is 0 Å². The van der Waals surface area contributed by atoms with Gasteiger partial charge in [0.1, 0.15) is 0 Å². The van der Waals surface area contributed by atoms with Crippen LogP contribution in [0.15, 0.2) is 0 Å². The first-order valence-corrected chi connectivity index (χ1v) is 7.49. The van der Waals surface area contributed by atoms with Crippen molar-refractivity contribution in [2.45, 2.75) is 85.0 Å². The van der Waals surface area contributed by atoms with Crippen LogP contribution in [0.2, 0.25) is 0 Å². The fraction of sp³-hybridized carbons (Fsp3) is 0.938. The van der Waals surface area contributed by atoms with Crippen molar-refractivity contribution >= 4 is 0 Å². The molecule has 2 unspecified atom stereocenters. The largest absolute Gasteiger partial charge is 0.0654 e. The minimum Gasteiger partial charge on any atom is -0.0654 e. The smallest absolute Gasteiger partial charge is 0.0443 e. The van der Waals surface area contributed by atoms with Crippen molar-refractivity contribution in [2.24, 2.45) is 11.8 Å². The molecule has 2 atom stereocenters. The lowest BCUT2D eigenvalue weighted by Crippen LogP contribution is -1.93. The quantitative estimate of drug-likeness (QED) is 0.377. The molecule has 16 heavy (non-hydrogen) atoms. The van der Waals surface area contributed by atoms with Gasteiger partial charge in [0.2, 0.25) is 0 Å². The molecule has 0 nitrogen and oxygen atoms in total. The summed E-state index contributed by atoms with van der Waals surface area (Å²) < 4.78 is 0. The van der Waals surface area contributed by atoms with Crippen LogP contribution >= 0.6 is 0 Å². The van der Waals surface area contributed by atoms with E-state index in [0.717, 1.165) is 5.92 Å². The fourth-order valence-electron chi connectivity index (χ4n) is 2.33. The van der Waals surface area contributed by atoms with E-state index in [1.807, 2.05) is 0 Å². The monoisotopic (exact) mass is 225 g/mol. The van der Waals surface area contributed by atoms with Crippen LogP contribution in [0.5, 0.6) is 0 Å². The lowest BCUT2D eigenvalue weighted by molar-refractivity contribution is 0.449. The molecule has 0 aliphatic rings. The SMILES string of the molecule is [CH2]C(C)CCCCCCCCC(C)CCC. The average Bonchev–Trinajstić information content (AvgIpc) is 2.22. The molecule has 0 amide bonds. The first kappa shape index (κ1) is 16.0. The van der Waals surface area contributed by atoms with Gasteiger partial charge in [0.05, 0.1) is 0 Å². The van der Waals surface area contributed by atoms with Crippen LogP contribution in [0.25, 0.3) is 0 Å². The summed E-state index contributed by atoms with van der Waals surface area (Å²) in [5.74, 6) is 1.60. The van der Waals surface area contributed by atoms with Gasteiger partial charge in [-0.15, -0.1) is 0 Å². The Morgan fingerprint density at radius 1 is 0.750 bits per heavy atom. The van der Waals surface area contributed by atoms with Gasteiger partial charge < -0.3 is 0 Å². The lowest BCUT2D eigenvalue weighted by atomic mass is 9.97. The van der Waals surface area contributed by atoms with Gasteiger partial charge in [0, 0.05) is 0 Å². The summed E-state index contributed by atoms with van der Waals surface area (Å²) >= 11 is 0. The molecule has 0 saturated heterocycles. The number of hydrogen-bond acceptors (Lipinski definition) is 0. The van der Waals surface area contributed by atoms with E-state index >= 15 is 0 Å². The lowest BCUT2D eigenvalue weighted by Gasteiger charge is -2.09. The molecule has 0 spiro atoms. The van der Waals surface area contributed by atoms with E-state index in [1.165, 1.54) is 64.2 Å². The molecule has 0 aromatic carbocycles. The van der Waals surface area contributed by atoms with Crippen LogP contribution in [-0.2, 0) is 0 Å². The van der Waals surface area contributed by atoms with Gasteiger partial charge in [0.25, 0.3) is 0 Å². The van der Waals surface area contributed by atoms with E-state index in [4.69, 9.17) is 0 Å². The molecule has 0 aliphatic heterocycles. The van der Waals surface area contributed by atoms with Crippen molar-refractivity contribution in [1.82, 2.24) is 0 Å². The zero-order valence-corrected chi connectivity index (χ0v) is 11.9. The van der Waals surface area contributed by atoms with Gasteiger partial charge in [-0.3, -0.25) is 0 Å². The molecule has 97 valence electrons. The molecule has 0 fully saturated rings. The predicted octanol–water partition coefficient (Wildman–Crippen LogP) is 6.01. The molecule has 0 bridgehead atoms. The fourth-order valence-corrected chi connectivity index (χ4v) is 2.33. The summed E-state index contributed by atoms with van der Waals surface area (Å²) in [6.07, 6.45) is 14.1. The highest BCUT2D eigenvalue weighted by molar-refractivity contribution is 4.56. The van der Waals surface area contributed by atoms with Gasteiger partial charge in [-0.1, -0.05) is 91.9 Å². The zero-order chi connectivity index (χ0) is 12.2. The Morgan fingerprint density at radius 3 is 1.75 bits per heavy atom. The van der Waals surface area contributed by atoms with Crippen molar-refractivity contribution in [2.75, 3.05) is 0 Å². The van der Waals surface area contributed by atoms with Crippen molar-refractivity contribution in [3.8, 4) is 0 Å². The normalized spacial score (nSPS) is 13.3. The maximum atomic E-state index is 4.02. The van der Waals surface area contributed by atoms with E-state index in [-0.39, 0.29) is 0 Å². The third-order valence-corrected chi connectivity index (χ3v) is 3.43. The van der Waals surface area contributed by atoms with Crippen molar-refractivity contribution in [1.29, 1.82) is 0 Å². The summed E-state index contributed by atoms with van der Waals surface area (Å²) in [4.78, 5) is 0. The van der Waals surface area contributed by atoms with E-state index in [2.05, 4.69) is 27.7 Å². The highest BCUT2D eigenvalue weighted by Gasteiger charge is 2.00. The molecule has 0 aromatic heterocycles. The molecule has 0 heterocycles. The van der Waals surface area contributed by atoms with Crippen LogP contribution in [0, 0.1) is 18.8 Å². The first-order chi connectivity index (χ1) is 7.66. The summed E-state index contributed by atoms with van der Waals surface area (Å²) in [5.41, 5.74) is 0. The van der Waals surface area contributed by atoms with E-state index in [0.29, 0.717) is 5.92 Å². The highest BCUT2D eigenvalue weighted by Crippen LogP contribution is 2.16. The van der Waals surface area contributed by atoms with Gasteiger partial charge in [-0.25, -0.2) is 0 Å². The Morgan fingerprint density at radius 2 is 1.25 bits per heavy atom. The summed E-state index contributed by atoms with van der Waals surface area (Å²) in [5, 5.41) is 0. The Labute approximate surface area is 104 Å². The van der Waals surface area contributed by atoms with Crippen molar-refractivity contribution < 1.29 is 0 Å². The van der Waals surface area contributed by atoms with E-state index < -0.39 is 0 Å². The first-order valence-electron chi connectivity index (χ1n) is 7.49. The van der Waals surface area contributed by atoms with Crippen LogP contribution in [0.3, 0.4) is 0 Å². The third-order valence-electron chi connectivity index (χ3n) is 3.43. The zero-order valence-electron chi connectivity index (χ0n) is 11.9. The van der Waals surface area contributed by atoms with Crippen LogP contribution in [0.1, 0.15) is 85.0 Å². The maximum absolute atomic E-state index is 4.02. The number of hydrogen-bond donors (Lipinski definition) is 0. The summed E-state index contributed by atoms with van der Waals surface area (Å²) in [6.45, 7) is 10.9. The highest BCUT2D eigenvalue weighted by atomic mass is 14.1. The second-order valence-electron chi connectivity index (χ2n) is 5.70.